The molecule has 2 aromatic rings. The van der Waals surface area contributed by atoms with Crippen LogP contribution < -0.4 is 0 Å². The van der Waals surface area contributed by atoms with Crippen LogP contribution in [-0.4, -0.2) is 23.6 Å². The van der Waals surface area contributed by atoms with Crippen molar-refractivity contribution in [1.29, 1.82) is 0 Å². The van der Waals surface area contributed by atoms with Crippen LogP contribution in [0, 0.1) is 17.0 Å². The van der Waals surface area contributed by atoms with E-state index in [1.165, 1.54) is 16.1 Å². The van der Waals surface area contributed by atoms with Gasteiger partial charge in [-0.25, -0.2) is 12.4 Å². The van der Waals surface area contributed by atoms with Crippen molar-refractivity contribution in [2.45, 2.75) is 13.8 Å². The zero-order valence-electron chi connectivity index (χ0n) is 11.4. The monoisotopic (exact) mass is 294 g/mol. The Morgan fingerprint density at radius 3 is 2.40 bits per heavy atom. The van der Waals surface area contributed by atoms with Gasteiger partial charge in [-0.1, -0.05) is 6.58 Å². The van der Waals surface area contributed by atoms with Crippen LogP contribution in [0.1, 0.15) is 18.2 Å². The summed E-state index contributed by atoms with van der Waals surface area (Å²) in [6.45, 7) is 7.03. The number of rotatable bonds is 3. The van der Waals surface area contributed by atoms with Crippen LogP contribution in [0.2, 0.25) is 0 Å². The summed E-state index contributed by atoms with van der Waals surface area (Å²) in [7, 11) is -3.53. The molecule has 0 aliphatic carbocycles. The normalized spacial score (nSPS) is 11.8. The SMILES string of the molecule is C=C(C)c1cc2cc([N+](=O)[O-])c(C)cc2n1S(C)(=O)=O. The number of allylic oxidation sites excluding steroid dienone is 1. The summed E-state index contributed by atoms with van der Waals surface area (Å²) in [5, 5.41) is 11.5. The van der Waals surface area contributed by atoms with Gasteiger partial charge in [0.25, 0.3) is 5.69 Å². The topological polar surface area (TPSA) is 82.2 Å². The van der Waals surface area contributed by atoms with Gasteiger partial charge >= 0.3 is 0 Å². The Labute approximate surface area is 116 Å². The van der Waals surface area contributed by atoms with Gasteiger partial charge in [0.2, 0.25) is 10.0 Å². The first kappa shape index (κ1) is 14.3. The van der Waals surface area contributed by atoms with Crippen molar-refractivity contribution >= 4 is 32.2 Å². The molecule has 6 nitrogen and oxygen atoms in total. The summed E-state index contributed by atoms with van der Waals surface area (Å²) < 4.78 is 25.1. The Kier molecular flexibility index (Phi) is 3.17. The van der Waals surface area contributed by atoms with E-state index < -0.39 is 14.9 Å². The Hall–Kier alpha value is -2.15. The number of nitro groups is 1. The van der Waals surface area contributed by atoms with Crippen LogP contribution in [0.25, 0.3) is 16.5 Å². The highest BCUT2D eigenvalue weighted by Crippen LogP contribution is 2.31. The van der Waals surface area contributed by atoms with E-state index in [0.717, 1.165) is 6.26 Å². The highest BCUT2D eigenvalue weighted by Gasteiger charge is 2.20. The lowest BCUT2D eigenvalue weighted by Gasteiger charge is -2.08. The van der Waals surface area contributed by atoms with Gasteiger partial charge in [-0.3, -0.25) is 10.1 Å². The fourth-order valence-corrected chi connectivity index (χ4v) is 3.26. The molecule has 0 atom stereocenters. The zero-order chi connectivity index (χ0) is 15.2. The molecule has 0 spiro atoms. The van der Waals surface area contributed by atoms with E-state index in [4.69, 9.17) is 0 Å². The standard InChI is InChI=1S/C13H14N2O4S/c1-8(2)11-6-10-7-12(15(16)17)9(3)5-13(10)14(11)20(4,18)19/h5-7H,1H2,2-4H3. The largest absolute Gasteiger partial charge is 0.273 e. The number of nitrogens with zero attached hydrogens (tertiary/aromatic N) is 2. The van der Waals surface area contributed by atoms with Gasteiger partial charge in [0.15, 0.2) is 0 Å². The summed E-state index contributed by atoms with van der Waals surface area (Å²) in [5.41, 5.74) is 1.82. The van der Waals surface area contributed by atoms with E-state index in [1.54, 1.807) is 19.9 Å². The zero-order valence-corrected chi connectivity index (χ0v) is 12.2. The minimum atomic E-state index is -3.53. The molecule has 0 amide bonds. The molecule has 0 unspecified atom stereocenters. The minimum absolute atomic E-state index is 0.0311. The second-order valence-electron chi connectivity index (χ2n) is 4.79. The Bertz CT molecular complexity index is 847. The van der Waals surface area contributed by atoms with Gasteiger partial charge in [-0.05, 0) is 31.6 Å². The van der Waals surface area contributed by atoms with E-state index in [1.807, 2.05) is 0 Å². The van der Waals surface area contributed by atoms with Gasteiger partial charge in [0.1, 0.15) is 0 Å². The van der Waals surface area contributed by atoms with E-state index in [-0.39, 0.29) is 5.69 Å². The van der Waals surface area contributed by atoms with Crippen molar-refractivity contribution in [3.8, 4) is 0 Å². The molecule has 1 aromatic carbocycles. The molecule has 7 heteroatoms. The predicted molar refractivity (Wildman–Crippen MR) is 78.3 cm³/mol. The molecule has 0 aliphatic rings. The number of hydrogen-bond acceptors (Lipinski definition) is 4. The van der Waals surface area contributed by atoms with Crippen LogP contribution in [0.3, 0.4) is 0 Å². The molecule has 0 saturated heterocycles. The van der Waals surface area contributed by atoms with Crippen LogP contribution in [-0.2, 0) is 10.0 Å². The summed E-state index contributed by atoms with van der Waals surface area (Å²) in [5.74, 6) is 0. The van der Waals surface area contributed by atoms with Crippen molar-refractivity contribution < 1.29 is 13.3 Å². The lowest BCUT2D eigenvalue weighted by atomic mass is 10.1. The lowest BCUT2D eigenvalue weighted by Crippen LogP contribution is -2.12. The van der Waals surface area contributed by atoms with E-state index in [9.17, 15) is 18.5 Å². The summed E-state index contributed by atoms with van der Waals surface area (Å²) in [6, 6.07) is 4.50. The molecule has 0 fully saturated rings. The lowest BCUT2D eigenvalue weighted by molar-refractivity contribution is -0.385. The van der Waals surface area contributed by atoms with Gasteiger partial charge in [0.05, 0.1) is 22.4 Å². The van der Waals surface area contributed by atoms with Crippen LogP contribution in [0.15, 0.2) is 24.8 Å². The van der Waals surface area contributed by atoms with E-state index in [2.05, 4.69) is 6.58 Å². The fourth-order valence-electron chi connectivity index (χ4n) is 2.18. The molecular weight excluding hydrogens is 280 g/mol. The molecule has 2 rings (SSSR count). The molecule has 20 heavy (non-hydrogen) atoms. The molecule has 106 valence electrons. The third kappa shape index (κ3) is 2.20. The molecule has 0 N–H and O–H groups in total. The summed E-state index contributed by atoms with van der Waals surface area (Å²) >= 11 is 0. The average molecular weight is 294 g/mol. The minimum Gasteiger partial charge on any atom is -0.258 e. The molecular formula is C13H14N2O4S. The van der Waals surface area contributed by atoms with Crippen molar-refractivity contribution in [2.24, 2.45) is 0 Å². The molecule has 1 aromatic heterocycles. The number of benzene rings is 1. The summed E-state index contributed by atoms with van der Waals surface area (Å²) in [6.07, 6.45) is 1.09. The van der Waals surface area contributed by atoms with Crippen LogP contribution >= 0.6 is 0 Å². The van der Waals surface area contributed by atoms with Crippen molar-refractivity contribution in [2.75, 3.05) is 6.26 Å². The molecule has 0 aliphatic heterocycles. The first-order valence-corrected chi connectivity index (χ1v) is 7.64. The Balaban J connectivity index is 2.97. The Morgan fingerprint density at radius 2 is 1.95 bits per heavy atom. The molecule has 0 saturated carbocycles. The number of hydrogen-bond donors (Lipinski definition) is 0. The third-order valence-corrected chi connectivity index (χ3v) is 4.10. The van der Waals surface area contributed by atoms with Crippen molar-refractivity contribution in [3.63, 3.8) is 0 Å². The van der Waals surface area contributed by atoms with Crippen molar-refractivity contribution in [3.05, 3.63) is 46.1 Å². The Morgan fingerprint density at radius 1 is 1.35 bits per heavy atom. The average Bonchev–Trinajstić information content (AvgIpc) is 2.65. The first-order valence-electron chi connectivity index (χ1n) is 5.80. The molecule has 0 radical (unpaired) electrons. The predicted octanol–water partition coefficient (Wildman–Crippen LogP) is 2.70. The smallest absolute Gasteiger partial charge is 0.258 e. The number of aromatic nitrogens is 1. The van der Waals surface area contributed by atoms with Gasteiger partial charge in [-0.2, -0.15) is 0 Å². The van der Waals surface area contributed by atoms with Gasteiger partial charge in [0, 0.05) is 17.0 Å². The quantitative estimate of drug-likeness (QED) is 0.643. The third-order valence-electron chi connectivity index (χ3n) is 3.04. The maximum Gasteiger partial charge on any atom is 0.273 e. The first-order chi connectivity index (χ1) is 9.12. The molecule has 1 heterocycles. The number of aryl methyl sites for hydroxylation is 1. The second-order valence-corrected chi connectivity index (χ2v) is 6.62. The van der Waals surface area contributed by atoms with E-state index in [0.29, 0.717) is 27.7 Å². The number of nitro benzene ring substituents is 1. The fraction of sp³-hybridized carbons (Fsp3) is 0.231. The van der Waals surface area contributed by atoms with Crippen LogP contribution in [0.4, 0.5) is 5.69 Å². The summed E-state index contributed by atoms with van der Waals surface area (Å²) in [4.78, 5) is 10.5. The van der Waals surface area contributed by atoms with E-state index >= 15 is 0 Å². The van der Waals surface area contributed by atoms with Crippen LogP contribution in [0.5, 0.6) is 0 Å². The highest BCUT2D eigenvalue weighted by molar-refractivity contribution is 7.89. The maximum atomic E-state index is 12.0. The number of fused-ring (bicyclic) bond motifs is 1. The van der Waals surface area contributed by atoms with Crippen molar-refractivity contribution in [1.82, 2.24) is 3.97 Å². The maximum absolute atomic E-state index is 12.0. The van der Waals surface area contributed by atoms with Gasteiger partial charge < -0.3 is 0 Å². The highest BCUT2D eigenvalue weighted by atomic mass is 32.2. The van der Waals surface area contributed by atoms with Gasteiger partial charge in [-0.15, -0.1) is 0 Å². The second kappa shape index (κ2) is 4.45. The molecule has 0 bridgehead atoms.